The molecule has 2 nitrogen and oxygen atoms in total. The third-order valence-electron chi connectivity index (χ3n) is 3.89. The maximum Gasteiger partial charge on any atom is 0.0510 e. The molecule has 0 bridgehead atoms. The lowest BCUT2D eigenvalue weighted by Gasteiger charge is -2.36. The van der Waals surface area contributed by atoms with Gasteiger partial charge in [-0.25, -0.2) is 0 Å². The van der Waals surface area contributed by atoms with Crippen LogP contribution in [0.5, 0.6) is 0 Å². The number of nitrogens with zero attached hydrogens (tertiary/aromatic N) is 1. The molecule has 1 aromatic carbocycles. The van der Waals surface area contributed by atoms with E-state index >= 15 is 0 Å². The molecule has 1 saturated carbocycles. The number of rotatable bonds is 3. The predicted molar refractivity (Wildman–Crippen MR) is 77.6 cm³/mol. The standard InChI is InChI=1S/C14H21BrN2/c1-16-11-7-9-12(10-8-11)17(2)14-6-4-3-5-13(14)15/h3-6,11-12,16H,7-10H2,1-2H3. The number of para-hydroxylation sites is 1. The summed E-state index contributed by atoms with van der Waals surface area (Å²) in [6.45, 7) is 0. The third kappa shape index (κ3) is 3.02. The van der Waals surface area contributed by atoms with Crippen molar-refractivity contribution in [3.05, 3.63) is 28.7 Å². The highest BCUT2D eigenvalue weighted by Crippen LogP contribution is 2.30. The molecule has 0 spiro atoms. The molecular weight excluding hydrogens is 276 g/mol. The highest BCUT2D eigenvalue weighted by Gasteiger charge is 2.23. The molecule has 1 N–H and O–H groups in total. The van der Waals surface area contributed by atoms with Crippen molar-refractivity contribution in [2.24, 2.45) is 0 Å². The van der Waals surface area contributed by atoms with Crippen molar-refractivity contribution in [3.63, 3.8) is 0 Å². The summed E-state index contributed by atoms with van der Waals surface area (Å²) >= 11 is 3.64. The normalized spacial score (nSPS) is 24.6. The van der Waals surface area contributed by atoms with E-state index in [-0.39, 0.29) is 0 Å². The minimum Gasteiger partial charge on any atom is -0.371 e. The summed E-state index contributed by atoms with van der Waals surface area (Å²) in [5.74, 6) is 0. The monoisotopic (exact) mass is 296 g/mol. The van der Waals surface area contributed by atoms with Crippen LogP contribution in [-0.2, 0) is 0 Å². The Morgan fingerprint density at radius 1 is 1.18 bits per heavy atom. The van der Waals surface area contributed by atoms with Gasteiger partial charge in [0.1, 0.15) is 0 Å². The van der Waals surface area contributed by atoms with Crippen molar-refractivity contribution in [2.45, 2.75) is 37.8 Å². The number of halogens is 1. The number of nitrogens with one attached hydrogen (secondary N) is 1. The summed E-state index contributed by atoms with van der Waals surface area (Å²) in [6.07, 6.45) is 5.14. The zero-order chi connectivity index (χ0) is 12.3. The fourth-order valence-electron chi connectivity index (χ4n) is 2.69. The predicted octanol–water partition coefficient (Wildman–Crippen LogP) is 3.42. The topological polar surface area (TPSA) is 15.3 Å². The lowest BCUT2D eigenvalue weighted by Crippen LogP contribution is -2.39. The van der Waals surface area contributed by atoms with Gasteiger partial charge in [-0.1, -0.05) is 12.1 Å². The average Bonchev–Trinajstić information content (AvgIpc) is 2.39. The van der Waals surface area contributed by atoms with Crippen LogP contribution in [0.25, 0.3) is 0 Å². The van der Waals surface area contributed by atoms with Gasteiger partial charge in [0.2, 0.25) is 0 Å². The van der Waals surface area contributed by atoms with E-state index in [2.05, 4.69) is 64.5 Å². The van der Waals surface area contributed by atoms with Crippen LogP contribution in [0, 0.1) is 0 Å². The zero-order valence-electron chi connectivity index (χ0n) is 10.6. The first-order valence-electron chi connectivity index (χ1n) is 6.37. The first-order valence-corrected chi connectivity index (χ1v) is 7.16. The molecule has 0 amide bonds. The van der Waals surface area contributed by atoms with Gasteiger partial charge in [-0.2, -0.15) is 0 Å². The van der Waals surface area contributed by atoms with E-state index in [0.717, 1.165) is 6.04 Å². The molecule has 0 atom stereocenters. The molecular formula is C14H21BrN2. The minimum absolute atomic E-state index is 0.679. The number of anilines is 1. The maximum atomic E-state index is 3.64. The molecule has 1 aliphatic carbocycles. The largest absolute Gasteiger partial charge is 0.371 e. The van der Waals surface area contributed by atoms with Crippen molar-refractivity contribution in [2.75, 3.05) is 19.0 Å². The summed E-state index contributed by atoms with van der Waals surface area (Å²) in [7, 11) is 4.28. The Labute approximate surface area is 113 Å². The Kier molecular flexibility index (Phi) is 4.46. The Morgan fingerprint density at radius 2 is 1.82 bits per heavy atom. The Balaban J connectivity index is 2.02. The Hall–Kier alpha value is -0.540. The van der Waals surface area contributed by atoms with Crippen molar-refractivity contribution in [1.82, 2.24) is 5.32 Å². The Morgan fingerprint density at radius 3 is 2.41 bits per heavy atom. The van der Waals surface area contributed by atoms with Gasteiger partial charge >= 0.3 is 0 Å². The molecule has 0 aliphatic heterocycles. The van der Waals surface area contributed by atoms with E-state index in [1.54, 1.807) is 0 Å². The molecule has 1 aromatic rings. The lowest BCUT2D eigenvalue weighted by atomic mass is 9.90. The van der Waals surface area contributed by atoms with Crippen molar-refractivity contribution >= 4 is 21.6 Å². The summed E-state index contributed by atoms with van der Waals surface area (Å²) in [5.41, 5.74) is 1.31. The van der Waals surface area contributed by atoms with Gasteiger partial charge in [-0.05, 0) is 60.8 Å². The molecule has 1 fully saturated rings. The number of hydrogen-bond acceptors (Lipinski definition) is 2. The second kappa shape index (κ2) is 5.87. The molecule has 3 heteroatoms. The van der Waals surface area contributed by atoms with Crippen molar-refractivity contribution < 1.29 is 0 Å². The first kappa shape index (κ1) is 12.9. The second-order valence-corrected chi connectivity index (χ2v) is 5.71. The molecule has 17 heavy (non-hydrogen) atoms. The zero-order valence-corrected chi connectivity index (χ0v) is 12.2. The van der Waals surface area contributed by atoms with E-state index < -0.39 is 0 Å². The summed E-state index contributed by atoms with van der Waals surface area (Å²) in [5, 5.41) is 3.39. The molecule has 0 saturated heterocycles. The molecule has 0 heterocycles. The lowest BCUT2D eigenvalue weighted by molar-refractivity contribution is 0.351. The summed E-state index contributed by atoms with van der Waals surface area (Å²) in [6, 6.07) is 9.88. The van der Waals surface area contributed by atoms with E-state index in [1.165, 1.54) is 35.8 Å². The van der Waals surface area contributed by atoms with E-state index in [0.29, 0.717) is 6.04 Å². The highest BCUT2D eigenvalue weighted by atomic mass is 79.9. The molecule has 0 unspecified atom stereocenters. The second-order valence-electron chi connectivity index (χ2n) is 4.86. The van der Waals surface area contributed by atoms with Crippen LogP contribution in [0.3, 0.4) is 0 Å². The van der Waals surface area contributed by atoms with Crippen LogP contribution in [0.2, 0.25) is 0 Å². The van der Waals surface area contributed by atoms with Crippen molar-refractivity contribution in [1.29, 1.82) is 0 Å². The van der Waals surface area contributed by atoms with E-state index in [4.69, 9.17) is 0 Å². The smallest absolute Gasteiger partial charge is 0.0510 e. The van der Waals surface area contributed by atoms with Gasteiger partial charge in [0.05, 0.1) is 5.69 Å². The fourth-order valence-corrected chi connectivity index (χ4v) is 3.25. The number of benzene rings is 1. The van der Waals surface area contributed by atoms with Gasteiger partial charge < -0.3 is 10.2 Å². The van der Waals surface area contributed by atoms with Gasteiger partial charge in [0.25, 0.3) is 0 Å². The van der Waals surface area contributed by atoms with E-state index in [1.807, 2.05) is 0 Å². The van der Waals surface area contributed by atoms with Crippen LogP contribution in [0.15, 0.2) is 28.7 Å². The van der Waals surface area contributed by atoms with Crippen LogP contribution in [0.1, 0.15) is 25.7 Å². The average molecular weight is 297 g/mol. The summed E-state index contributed by atoms with van der Waals surface area (Å²) < 4.78 is 1.19. The molecule has 0 radical (unpaired) electrons. The first-order chi connectivity index (χ1) is 8.22. The fraction of sp³-hybridized carbons (Fsp3) is 0.571. The van der Waals surface area contributed by atoms with Gasteiger partial charge in [-0.15, -0.1) is 0 Å². The third-order valence-corrected chi connectivity index (χ3v) is 4.56. The van der Waals surface area contributed by atoms with Gasteiger partial charge in [0.15, 0.2) is 0 Å². The summed E-state index contributed by atoms with van der Waals surface area (Å²) in [4.78, 5) is 2.43. The number of hydrogen-bond donors (Lipinski definition) is 1. The highest BCUT2D eigenvalue weighted by molar-refractivity contribution is 9.10. The van der Waals surface area contributed by atoms with Crippen LogP contribution in [-0.4, -0.2) is 26.2 Å². The van der Waals surface area contributed by atoms with Crippen LogP contribution in [0.4, 0.5) is 5.69 Å². The Bertz CT molecular complexity index is 359. The van der Waals surface area contributed by atoms with E-state index in [9.17, 15) is 0 Å². The van der Waals surface area contributed by atoms with Crippen LogP contribution >= 0.6 is 15.9 Å². The SMILES string of the molecule is CNC1CCC(N(C)c2ccccc2Br)CC1. The molecule has 94 valence electrons. The van der Waals surface area contributed by atoms with Gasteiger partial charge in [-0.3, -0.25) is 0 Å². The van der Waals surface area contributed by atoms with Gasteiger partial charge in [0, 0.05) is 23.6 Å². The van der Waals surface area contributed by atoms with Crippen LogP contribution < -0.4 is 10.2 Å². The van der Waals surface area contributed by atoms with Crippen molar-refractivity contribution in [3.8, 4) is 0 Å². The minimum atomic E-state index is 0.679. The quantitative estimate of drug-likeness (QED) is 0.919. The molecule has 2 rings (SSSR count). The maximum absolute atomic E-state index is 3.64. The molecule has 1 aliphatic rings. The molecule has 0 aromatic heterocycles.